The van der Waals surface area contributed by atoms with Crippen molar-refractivity contribution >= 4 is 17.8 Å². The molecule has 0 radical (unpaired) electrons. The highest BCUT2D eigenvalue weighted by atomic mass is 19.3. The highest BCUT2D eigenvalue weighted by Crippen LogP contribution is 2.44. The number of halogens is 3. The van der Waals surface area contributed by atoms with E-state index >= 15 is 0 Å². The fraction of sp³-hybridized carbons (Fsp3) is 0.333. The molecule has 1 atom stereocenters. The normalized spacial score (nSPS) is 23.9. The zero-order valence-electron chi connectivity index (χ0n) is 10.9. The quantitative estimate of drug-likeness (QED) is 0.690. The molecule has 6 nitrogen and oxygen atoms in total. The van der Waals surface area contributed by atoms with Crippen molar-refractivity contribution in [3.05, 3.63) is 29.6 Å². The summed E-state index contributed by atoms with van der Waals surface area (Å²) in [6, 6.07) is 2.58. The lowest BCUT2D eigenvalue weighted by molar-refractivity contribution is -0.117. The third-order valence-corrected chi connectivity index (χ3v) is 3.16. The van der Waals surface area contributed by atoms with Gasteiger partial charge in [0.15, 0.2) is 12.1 Å². The Bertz CT molecular complexity index is 621. The van der Waals surface area contributed by atoms with Crippen LogP contribution in [0.5, 0.6) is 0 Å². The molecule has 2 rings (SSSR count). The second-order valence-electron chi connectivity index (χ2n) is 4.65. The van der Waals surface area contributed by atoms with Crippen molar-refractivity contribution in [1.29, 1.82) is 0 Å². The van der Waals surface area contributed by atoms with Crippen LogP contribution in [0.3, 0.4) is 0 Å². The first-order valence-electron chi connectivity index (χ1n) is 5.81. The van der Waals surface area contributed by atoms with E-state index in [0.717, 1.165) is 19.1 Å². The van der Waals surface area contributed by atoms with E-state index < -0.39 is 41.6 Å². The molecular formula is C12H12F3N3O3. The molecule has 0 unspecified atom stereocenters. The third-order valence-electron chi connectivity index (χ3n) is 3.16. The van der Waals surface area contributed by atoms with Crippen LogP contribution >= 0.6 is 0 Å². The minimum absolute atomic E-state index is 0.0814. The van der Waals surface area contributed by atoms with Gasteiger partial charge in [-0.05, 0) is 25.1 Å². The average Bonchev–Trinajstić information content (AvgIpc) is 2.36. The van der Waals surface area contributed by atoms with Crippen LogP contribution in [0.4, 0.5) is 23.7 Å². The molecule has 0 spiro atoms. The number of alkyl halides is 2. The smallest absolute Gasteiger partial charge is 0.412 e. The molecule has 0 saturated heterocycles. The largest absolute Gasteiger partial charge is 0.465 e. The first kappa shape index (κ1) is 14.9. The molecule has 1 amide bonds. The minimum atomic E-state index is -3.55. The molecule has 0 aromatic heterocycles. The number of hydrogen-bond donors (Lipinski definition) is 3. The van der Waals surface area contributed by atoms with E-state index in [-0.39, 0.29) is 5.69 Å². The van der Waals surface area contributed by atoms with Gasteiger partial charge in [-0.3, -0.25) is 0 Å². The first-order valence-corrected chi connectivity index (χ1v) is 5.81. The molecule has 1 aliphatic heterocycles. The van der Waals surface area contributed by atoms with Gasteiger partial charge in [0.2, 0.25) is 0 Å². The summed E-state index contributed by atoms with van der Waals surface area (Å²) >= 11 is 0. The van der Waals surface area contributed by atoms with Crippen LogP contribution in [-0.4, -0.2) is 29.8 Å². The zero-order valence-corrected chi connectivity index (χ0v) is 10.9. The summed E-state index contributed by atoms with van der Waals surface area (Å²) in [7, 11) is 0. The standard InChI is InChI=1S/C12H12F3N3O3/c1-11(7-4-6(16)2-3-8(7)13)12(14,15)5-21-9(18-11)17-10(19)20/h2-4H,5,16H2,1H3,(H,17,18)(H,19,20)/t11-/m1/s1. The van der Waals surface area contributed by atoms with Crippen molar-refractivity contribution < 1.29 is 27.8 Å². The van der Waals surface area contributed by atoms with Crippen LogP contribution in [0.25, 0.3) is 0 Å². The van der Waals surface area contributed by atoms with E-state index in [1.807, 2.05) is 0 Å². The van der Waals surface area contributed by atoms with Crippen LogP contribution in [0, 0.1) is 5.82 Å². The number of hydrogen-bond acceptors (Lipinski definition) is 4. The van der Waals surface area contributed by atoms with Crippen LogP contribution < -0.4 is 11.1 Å². The van der Waals surface area contributed by atoms with Gasteiger partial charge >= 0.3 is 12.0 Å². The number of rotatable bonds is 1. The number of anilines is 1. The Morgan fingerprint density at radius 1 is 1.52 bits per heavy atom. The second-order valence-corrected chi connectivity index (χ2v) is 4.65. The third kappa shape index (κ3) is 2.58. The van der Waals surface area contributed by atoms with E-state index in [1.54, 1.807) is 5.32 Å². The van der Waals surface area contributed by atoms with Crippen molar-refractivity contribution in [2.45, 2.75) is 18.4 Å². The van der Waals surface area contributed by atoms with Gasteiger partial charge in [0.05, 0.1) is 0 Å². The molecule has 0 saturated carbocycles. The van der Waals surface area contributed by atoms with E-state index in [0.29, 0.717) is 0 Å². The van der Waals surface area contributed by atoms with Gasteiger partial charge < -0.3 is 15.6 Å². The van der Waals surface area contributed by atoms with Crippen LogP contribution in [-0.2, 0) is 10.3 Å². The summed E-state index contributed by atoms with van der Waals surface area (Å²) < 4.78 is 46.7. The summed E-state index contributed by atoms with van der Waals surface area (Å²) in [6.07, 6.45) is -1.53. The van der Waals surface area contributed by atoms with Crippen molar-refractivity contribution in [2.24, 2.45) is 4.99 Å². The maximum Gasteiger partial charge on any atom is 0.412 e. The number of nitrogens with one attached hydrogen (secondary N) is 1. The van der Waals surface area contributed by atoms with Crippen molar-refractivity contribution in [3.63, 3.8) is 0 Å². The van der Waals surface area contributed by atoms with E-state index in [4.69, 9.17) is 10.8 Å². The molecule has 0 fully saturated rings. The fourth-order valence-corrected chi connectivity index (χ4v) is 1.95. The SMILES string of the molecule is C[C@]1(c2cc(N)ccc2F)N=C(NC(=O)O)OCC1(F)F. The Labute approximate surface area is 117 Å². The minimum Gasteiger partial charge on any atom is -0.465 e. The van der Waals surface area contributed by atoms with Crippen LogP contribution in [0.1, 0.15) is 12.5 Å². The van der Waals surface area contributed by atoms with Gasteiger partial charge in [0.1, 0.15) is 5.82 Å². The number of nitrogens with zero attached hydrogens (tertiary/aromatic N) is 1. The van der Waals surface area contributed by atoms with E-state index in [9.17, 15) is 18.0 Å². The summed E-state index contributed by atoms with van der Waals surface area (Å²) in [5.74, 6) is -4.47. The lowest BCUT2D eigenvalue weighted by Gasteiger charge is -2.38. The topological polar surface area (TPSA) is 96.9 Å². The number of carbonyl (C=O) groups is 1. The summed E-state index contributed by atoms with van der Waals surface area (Å²) in [6.45, 7) is -0.159. The number of nitrogen functional groups attached to an aromatic ring is 1. The molecule has 0 bridgehead atoms. The number of aliphatic imine (C=N–C) groups is 1. The maximum absolute atomic E-state index is 14.1. The summed E-state index contributed by atoms with van der Waals surface area (Å²) in [5.41, 5.74) is 2.79. The van der Waals surface area contributed by atoms with Gasteiger partial charge in [-0.25, -0.2) is 19.5 Å². The molecule has 0 aliphatic carbocycles. The number of benzene rings is 1. The summed E-state index contributed by atoms with van der Waals surface area (Å²) in [4.78, 5) is 14.1. The van der Waals surface area contributed by atoms with E-state index in [1.165, 1.54) is 6.07 Å². The molecule has 1 aliphatic rings. The second kappa shape index (κ2) is 4.83. The molecule has 1 heterocycles. The van der Waals surface area contributed by atoms with Gasteiger partial charge in [0.25, 0.3) is 6.02 Å². The summed E-state index contributed by atoms with van der Waals surface area (Å²) in [5, 5.41) is 10.3. The van der Waals surface area contributed by atoms with Crippen LogP contribution in [0.15, 0.2) is 23.2 Å². The molecule has 4 N–H and O–H groups in total. The number of amidine groups is 1. The van der Waals surface area contributed by atoms with Crippen molar-refractivity contribution in [3.8, 4) is 0 Å². The Balaban J connectivity index is 2.58. The van der Waals surface area contributed by atoms with Gasteiger partial charge in [-0.15, -0.1) is 0 Å². The number of carboxylic acid groups (broad SMARTS) is 1. The Morgan fingerprint density at radius 3 is 2.81 bits per heavy atom. The molecule has 114 valence electrons. The first-order chi connectivity index (χ1) is 9.65. The van der Waals surface area contributed by atoms with Crippen molar-refractivity contribution in [1.82, 2.24) is 5.32 Å². The van der Waals surface area contributed by atoms with Gasteiger partial charge in [-0.1, -0.05) is 0 Å². The van der Waals surface area contributed by atoms with Gasteiger partial charge in [0, 0.05) is 11.3 Å². The molecule has 21 heavy (non-hydrogen) atoms. The highest BCUT2D eigenvalue weighted by molar-refractivity contribution is 5.90. The Morgan fingerprint density at radius 2 is 2.19 bits per heavy atom. The predicted molar refractivity (Wildman–Crippen MR) is 67.7 cm³/mol. The van der Waals surface area contributed by atoms with Crippen molar-refractivity contribution in [2.75, 3.05) is 12.3 Å². The average molecular weight is 303 g/mol. The highest BCUT2D eigenvalue weighted by Gasteiger charge is 2.56. The number of ether oxygens (including phenoxy) is 1. The fourth-order valence-electron chi connectivity index (χ4n) is 1.95. The number of amides is 1. The van der Waals surface area contributed by atoms with Crippen LogP contribution in [0.2, 0.25) is 0 Å². The zero-order chi connectivity index (χ0) is 15.8. The van der Waals surface area contributed by atoms with E-state index in [2.05, 4.69) is 9.73 Å². The molecular weight excluding hydrogens is 291 g/mol. The van der Waals surface area contributed by atoms with Gasteiger partial charge in [-0.2, -0.15) is 8.78 Å². The monoisotopic (exact) mass is 303 g/mol. The lowest BCUT2D eigenvalue weighted by Crippen LogP contribution is -2.52. The Hall–Kier alpha value is -2.45. The molecule has 1 aromatic rings. The molecule has 1 aromatic carbocycles. The lowest BCUT2D eigenvalue weighted by atomic mass is 9.85. The number of nitrogens with two attached hydrogens (primary N) is 1. The molecule has 9 heteroatoms. The predicted octanol–water partition coefficient (Wildman–Crippen LogP) is 1.91. The maximum atomic E-state index is 14.1. The Kier molecular flexibility index (Phi) is 3.44.